The minimum absolute atomic E-state index is 0.0489. The molecule has 0 atom stereocenters. The average molecular weight is 391 g/mol. The molecule has 142 valence electrons. The van der Waals surface area contributed by atoms with Crippen molar-refractivity contribution in [3.8, 4) is 11.5 Å². The third-order valence-electron chi connectivity index (χ3n) is 4.47. The van der Waals surface area contributed by atoms with Crippen LogP contribution in [-0.4, -0.2) is 25.7 Å². The highest BCUT2D eigenvalue weighted by atomic mass is 32.1. The number of thiophene rings is 1. The van der Waals surface area contributed by atoms with E-state index < -0.39 is 0 Å². The van der Waals surface area contributed by atoms with Gasteiger partial charge in [0.2, 0.25) is 5.91 Å². The van der Waals surface area contributed by atoms with E-state index in [0.29, 0.717) is 31.9 Å². The maximum atomic E-state index is 13.0. The Balaban J connectivity index is 1.57. The van der Waals surface area contributed by atoms with Gasteiger partial charge >= 0.3 is 0 Å². The van der Waals surface area contributed by atoms with Gasteiger partial charge in [-0.25, -0.2) is 0 Å². The van der Waals surface area contributed by atoms with E-state index in [4.69, 9.17) is 9.47 Å². The Kier molecular flexibility index (Phi) is 5.73. The Bertz CT molecular complexity index is 951. The van der Waals surface area contributed by atoms with Crippen LogP contribution in [0.1, 0.15) is 11.1 Å². The lowest BCUT2D eigenvalue weighted by Crippen LogP contribution is -2.32. The minimum atomic E-state index is 0.0489. The molecule has 2 heterocycles. The standard InChI is InChI=1S/C23H21NO3S/c25-23(15-19-10-14-28-17-19)24(11-4-7-18-5-2-1-3-6-18)20-8-9-21-22(16-20)27-13-12-26-21/h1-10,14,16-17H,11-13,15H2. The van der Waals surface area contributed by atoms with Gasteiger partial charge in [-0.2, -0.15) is 11.3 Å². The van der Waals surface area contributed by atoms with E-state index in [-0.39, 0.29) is 5.91 Å². The van der Waals surface area contributed by atoms with Crippen LogP contribution in [0.3, 0.4) is 0 Å². The predicted molar refractivity (Wildman–Crippen MR) is 113 cm³/mol. The van der Waals surface area contributed by atoms with Gasteiger partial charge < -0.3 is 14.4 Å². The van der Waals surface area contributed by atoms with Crippen molar-refractivity contribution in [1.82, 2.24) is 0 Å². The summed E-state index contributed by atoms with van der Waals surface area (Å²) in [4.78, 5) is 14.8. The molecule has 1 amide bonds. The molecular weight excluding hydrogens is 370 g/mol. The number of carbonyl (C=O) groups is 1. The molecule has 2 aromatic carbocycles. The predicted octanol–water partition coefficient (Wildman–Crippen LogP) is 4.81. The fraction of sp³-hybridized carbons (Fsp3) is 0.174. The van der Waals surface area contributed by atoms with Crippen LogP contribution in [0.2, 0.25) is 0 Å². The molecule has 1 aromatic heterocycles. The second-order valence-electron chi connectivity index (χ2n) is 6.45. The molecular formula is C23H21NO3S. The number of benzene rings is 2. The van der Waals surface area contributed by atoms with E-state index in [9.17, 15) is 4.79 Å². The molecule has 3 aromatic rings. The summed E-state index contributed by atoms with van der Waals surface area (Å²) in [5, 5.41) is 4.01. The molecule has 4 nitrogen and oxygen atoms in total. The van der Waals surface area contributed by atoms with Crippen molar-refractivity contribution in [2.75, 3.05) is 24.7 Å². The van der Waals surface area contributed by atoms with Gasteiger partial charge in [0, 0.05) is 18.3 Å². The summed E-state index contributed by atoms with van der Waals surface area (Å²) in [7, 11) is 0. The van der Waals surface area contributed by atoms with Crippen molar-refractivity contribution in [3.63, 3.8) is 0 Å². The first kappa shape index (κ1) is 18.3. The molecule has 0 saturated carbocycles. The van der Waals surface area contributed by atoms with Crippen LogP contribution in [0.25, 0.3) is 6.08 Å². The lowest BCUT2D eigenvalue weighted by atomic mass is 10.1. The molecule has 0 fully saturated rings. The lowest BCUT2D eigenvalue weighted by molar-refractivity contribution is -0.117. The van der Waals surface area contributed by atoms with Crippen molar-refractivity contribution in [2.24, 2.45) is 0 Å². The maximum Gasteiger partial charge on any atom is 0.231 e. The summed E-state index contributed by atoms with van der Waals surface area (Å²) in [5.74, 6) is 1.46. The molecule has 0 aliphatic carbocycles. The molecule has 0 N–H and O–H groups in total. The monoisotopic (exact) mass is 391 g/mol. The van der Waals surface area contributed by atoms with E-state index in [0.717, 1.165) is 22.6 Å². The SMILES string of the molecule is O=C(Cc1ccsc1)N(CC=Cc1ccccc1)c1ccc2c(c1)OCCO2. The summed E-state index contributed by atoms with van der Waals surface area (Å²) in [6, 6.07) is 17.7. The van der Waals surface area contributed by atoms with Crippen molar-refractivity contribution >= 4 is 29.0 Å². The largest absolute Gasteiger partial charge is 0.486 e. The Hall–Kier alpha value is -3.05. The number of amides is 1. The van der Waals surface area contributed by atoms with Crippen LogP contribution < -0.4 is 14.4 Å². The zero-order valence-corrected chi connectivity index (χ0v) is 16.2. The summed E-state index contributed by atoms with van der Waals surface area (Å²) in [6.45, 7) is 1.55. The number of anilines is 1. The Labute approximate surface area is 168 Å². The molecule has 28 heavy (non-hydrogen) atoms. The van der Waals surface area contributed by atoms with Crippen LogP contribution in [0, 0.1) is 0 Å². The third kappa shape index (κ3) is 4.43. The number of fused-ring (bicyclic) bond motifs is 1. The molecule has 5 heteroatoms. The molecule has 0 bridgehead atoms. The first-order chi connectivity index (χ1) is 13.8. The van der Waals surface area contributed by atoms with Crippen molar-refractivity contribution in [1.29, 1.82) is 0 Å². The smallest absolute Gasteiger partial charge is 0.231 e. The molecule has 0 saturated heterocycles. The van der Waals surface area contributed by atoms with E-state index in [2.05, 4.69) is 0 Å². The quantitative estimate of drug-likeness (QED) is 0.605. The Morgan fingerprint density at radius 3 is 2.64 bits per heavy atom. The van der Waals surface area contributed by atoms with E-state index >= 15 is 0 Å². The summed E-state index contributed by atoms with van der Waals surface area (Å²) < 4.78 is 11.3. The Morgan fingerprint density at radius 1 is 1.04 bits per heavy atom. The Morgan fingerprint density at radius 2 is 1.86 bits per heavy atom. The van der Waals surface area contributed by atoms with Crippen molar-refractivity contribution < 1.29 is 14.3 Å². The number of carbonyl (C=O) groups excluding carboxylic acids is 1. The third-order valence-corrected chi connectivity index (χ3v) is 5.20. The fourth-order valence-electron chi connectivity index (χ4n) is 3.07. The number of hydrogen-bond donors (Lipinski definition) is 0. The van der Waals surface area contributed by atoms with Gasteiger partial charge in [0.25, 0.3) is 0 Å². The highest BCUT2D eigenvalue weighted by molar-refractivity contribution is 7.08. The molecule has 4 rings (SSSR count). The first-order valence-electron chi connectivity index (χ1n) is 9.22. The van der Waals surface area contributed by atoms with Crippen LogP contribution in [0.4, 0.5) is 5.69 Å². The summed E-state index contributed by atoms with van der Waals surface area (Å²) >= 11 is 1.60. The molecule has 0 unspecified atom stereocenters. The number of nitrogens with zero attached hydrogens (tertiary/aromatic N) is 1. The zero-order valence-electron chi connectivity index (χ0n) is 15.4. The van der Waals surface area contributed by atoms with E-state index in [1.807, 2.05) is 77.5 Å². The maximum absolute atomic E-state index is 13.0. The second kappa shape index (κ2) is 8.76. The van der Waals surface area contributed by atoms with Crippen molar-refractivity contribution in [2.45, 2.75) is 6.42 Å². The highest BCUT2D eigenvalue weighted by Gasteiger charge is 2.19. The van der Waals surface area contributed by atoms with Crippen LogP contribution in [0.5, 0.6) is 11.5 Å². The number of rotatable bonds is 6. The van der Waals surface area contributed by atoms with Gasteiger partial charge in [0.15, 0.2) is 11.5 Å². The van der Waals surface area contributed by atoms with Gasteiger partial charge in [-0.1, -0.05) is 42.5 Å². The second-order valence-corrected chi connectivity index (χ2v) is 7.23. The lowest BCUT2D eigenvalue weighted by Gasteiger charge is -2.24. The minimum Gasteiger partial charge on any atom is -0.486 e. The molecule has 1 aliphatic rings. The summed E-state index contributed by atoms with van der Waals surface area (Å²) in [6.07, 6.45) is 4.41. The van der Waals surface area contributed by atoms with Gasteiger partial charge in [0.1, 0.15) is 13.2 Å². The van der Waals surface area contributed by atoms with Gasteiger partial charge in [-0.3, -0.25) is 4.79 Å². The normalized spacial score (nSPS) is 12.9. The molecule has 1 aliphatic heterocycles. The number of ether oxygens (including phenoxy) is 2. The van der Waals surface area contributed by atoms with Crippen molar-refractivity contribution in [3.05, 3.63) is 82.6 Å². The van der Waals surface area contributed by atoms with E-state index in [1.54, 1.807) is 16.2 Å². The molecule has 0 spiro atoms. The van der Waals surface area contributed by atoms with Crippen LogP contribution in [0.15, 0.2) is 71.4 Å². The highest BCUT2D eigenvalue weighted by Crippen LogP contribution is 2.34. The topological polar surface area (TPSA) is 38.8 Å². The van der Waals surface area contributed by atoms with Gasteiger partial charge in [-0.15, -0.1) is 0 Å². The average Bonchev–Trinajstić information content (AvgIpc) is 3.24. The van der Waals surface area contributed by atoms with Gasteiger partial charge in [-0.05, 0) is 40.1 Å². The fourth-order valence-corrected chi connectivity index (χ4v) is 3.74. The van der Waals surface area contributed by atoms with Gasteiger partial charge in [0.05, 0.1) is 6.42 Å². The summed E-state index contributed by atoms with van der Waals surface area (Å²) in [5.41, 5.74) is 2.95. The van der Waals surface area contributed by atoms with Crippen LogP contribution in [-0.2, 0) is 11.2 Å². The zero-order chi connectivity index (χ0) is 19.2. The molecule has 0 radical (unpaired) electrons. The first-order valence-corrected chi connectivity index (χ1v) is 10.2. The number of hydrogen-bond acceptors (Lipinski definition) is 4. The van der Waals surface area contributed by atoms with E-state index in [1.165, 1.54) is 0 Å². The van der Waals surface area contributed by atoms with Crippen LogP contribution >= 0.6 is 11.3 Å².